The molecule has 286 valence electrons. The molecule has 0 N–H and O–H groups in total. The lowest BCUT2D eigenvalue weighted by Gasteiger charge is -2.59. The summed E-state index contributed by atoms with van der Waals surface area (Å²) in [5.41, 5.74) is 5.11. The highest BCUT2D eigenvalue weighted by Crippen LogP contribution is 2.70. The van der Waals surface area contributed by atoms with Crippen molar-refractivity contribution < 1.29 is 9.59 Å². The van der Waals surface area contributed by atoms with Crippen LogP contribution in [0.2, 0.25) is 0 Å². The fourth-order valence-electron chi connectivity index (χ4n) is 16.6. The van der Waals surface area contributed by atoms with E-state index in [1.807, 2.05) is 0 Å². The topological polar surface area (TPSA) is 42.9 Å². The van der Waals surface area contributed by atoms with E-state index in [1.165, 1.54) is 74.5 Å². The Hall–Kier alpha value is -2.98. The standard InChI is InChI=1S/C25H33NO.C25H31NO/c2*1-16-7-9-18-17-8-10-21-24(3,19(17)11-14-23(16,18)2)15-20(26-4)22(27)25(21)12-5-6-13-25/h10,15-19H,5-9,11-14H2,1-3H3;10,15,17-19H,1,5-9,11-14H2,2-3H3/t16-,17-,18-,19-,23+,24+;17-,18-,19-,23+,24+/m00/s1. The molecule has 10 aliphatic rings. The molecule has 4 nitrogen and oxygen atoms in total. The van der Waals surface area contributed by atoms with E-state index in [9.17, 15) is 9.59 Å². The predicted molar refractivity (Wildman–Crippen MR) is 215 cm³/mol. The molecule has 6 saturated carbocycles. The summed E-state index contributed by atoms with van der Waals surface area (Å²) in [6.07, 6.45) is 30.1. The summed E-state index contributed by atoms with van der Waals surface area (Å²) in [6.45, 7) is 32.0. The maximum absolute atomic E-state index is 13.3. The number of fused-ring (bicyclic) bond motifs is 12. The number of carbonyl (C=O) groups is 2. The average molecular weight is 725 g/mol. The molecule has 0 aromatic carbocycles. The van der Waals surface area contributed by atoms with Gasteiger partial charge >= 0.3 is 0 Å². The first-order valence-corrected chi connectivity index (χ1v) is 22.1. The zero-order chi connectivity index (χ0) is 38.1. The summed E-state index contributed by atoms with van der Waals surface area (Å²) in [7, 11) is 0. The third-order valence-electron chi connectivity index (χ3n) is 19.6. The van der Waals surface area contributed by atoms with E-state index in [-0.39, 0.29) is 33.2 Å². The quantitative estimate of drug-likeness (QED) is 0.184. The zero-order valence-electron chi connectivity index (χ0n) is 34.0. The van der Waals surface area contributed by atoms with Gasteiger partial charge in [0, 0.05) is 21.7 Å². The maximum atomic E-state index is 13.3. The Balaban J connectivity index is 0.000000142. The Morgan fingerprint density at radius 2 is 1.11 bits per heavy atom. The van der Waals surface area contributed by atoms with E-state index in [0.717, 1.165) is 81.5 Å². The Morgan fingerprint density at radius 1 is 0.630 bits per heavy atom. The third kappa shape index (κ3) is 4.58. The smallest absolute Gasteiger partial charge is 0.227 e. The second-order valence-electron chi connectivity index (χ2n) is 21.2. The molecule has 10 rings (SSSR count). The second kappa shape index (κ2) is 12.3. The third-order valence-corrected chi connectivity index (χ3v) is 19.6. The lowest BCUT2D eigenvalue weighted by Crippen LogP contribution is -2.53. The number of allylic oxidation sites excluding steroid dienone is 9. The minimum Gasteiger partial charge on any atom is -0.307 e. The molecule has 10 aliphatic carbocycles. The van der Waals surface area contributed by atoms with Gasteiger partial charge in [-0.15, -0.1) is 0 Å². The molecule has 6 fully saturated rings. The van der Waals surface area contributed by atoms with Gasteiger partial charge in [-0.05, 0) is 142 Å². The molecule has 2 spiro atoms. The van der Waals surface area contributed by atoms with Crippen molar-refractivity contribution in [2.24, 2.45) is 73.9 Å². The van der Waals surface area contributed by atoms with Crippen LogP contribution in [0.3, 0.4) is 0 Å². The SMILES string of the molecule is [C-]#[N+]C1=C[C@@]2(C)C(=CC[C@@H]3[C@@H]2CC[C@]2(C)C(=C)CC[C@@H]32)C2(CCCC2)C1=O.[C-]#[N+]C1=C[C@@]2(C)C(=CC[C@H]3[C@@H]4CC[C@H](C)[C@@]4(C)CC[C@@H]32)C2(CCCC2)C1=O. The van der Waals surface area contributed by atoms with Crippen LogP contribution >= 0.6 is 0 Å². The lowest BCUT2D eigenvalue weighted by atomic mass is 9.45. The van der Waals surface area contributed by atoms with Crippen molar-refractivity contribution in [1.82, 2.24) is 0 Å². The largest absolute Gasteiger partial charge is 0.307 e. The minimum atomic E-state index is -0.353. The van der Waals surface area contributed by atoms with E-state index in [1.54, 1.807) is 0 Å². The van der Waals surface area contributed by atoms with Crippen molar-refractivity contribution in [3.8, 4) is 0 Å². The molecular formula is C50H64N2O2. The first-order valence-electron chi connectivity index (χ1n) is 22.1. The Labute approximate surface area is 326 Å². The molecule has 4 heteroatoms. The predicted octanol–water partition coefficient (Wildman–Crippen LogP) is 12.6. The number of carbonyl (C=O) groups excluding carboxylic acids is 2. The summed E-state index contributed by atoms with van der Waals surface area (Å²) < 4.78 is 0. The molecule has 0 unspecified atom stereocenters. The van der Waals surface area contributed by atoms with Gasteiger partial charge in [0.1, 0.15) is 0 Å². The van der Waals surface area contributed by atoms with Gasteiger partial charge in [0.25, 0.3) is 0 Å². The van der Waals surface area contributed by atoms with Gasteiger partial charge in [0.15, 0.2) is 11.6 Å². The monoisotopic (exact) mass is 724 g/mol. The van der Waals surface area contributed by atoms with Crippen LogP contribution < -0.4 is 0 Å². The first-order chi connectivity index (χ1) is 25.7. The van der Waals surface area contributed by atoms with Crippen LogP contribution in [-0.2, 0) is 9.59 Å². The normalized spacial score (nSPS) is 46.2. The molecule has 11 atom stereocenters. The molecular weight excluding hydrogens is 661 g/mol. The van der Waals surface area contributed by atoms with E-state index >= 15 is 0 Å². The van der Waals surface area contributed by atoms with Crippen molar-refractivity contribution in [2.75, 3.05) is 0 Å². The molecule has 0 aromatic rings. The van der Waals surface area contributed by atoms with E-state index in [2.05, 4.69) is 75.2 Å². The van der Waals surface area contributed by atoms with Crippen LogP contribution in [0.15, 0.2) is 59.0 Å². The summed E-state index contributed by atoms with van der Waals surface area (Å²) in [5.74, 6) is 5.25. The van der Waals surface area contributed by atoms with Crippen molar-refractivity contribution in [3.63, 3.8) is 0 Å². The maximum Gasteiger partial charge on any atom is 0.227 e. The lowest BCUT2D eigenvalue weighted by molar-refractivity contribution is -0.125. The van der Waals surface area contributed by atoms with Crippen LogP contribution in [0.1, 0.15) is 150 Å². The molecule has 0 aromatic heterocycles. The van der Waals surface area contributed by atoms with Crippen molar-refractivity contribution >= 4 is 11.6 Å². The minimum absolute atomic E-state index is 0.0752. The number of rotatable bonds is 0. The van der Waals surface area contributed by atoms with Gasteiger partial charge in [0.2, 0.25) is 11.4 Å². The van der Waals surface area contributed by atoms with Crippen LogP contribution in [0.25, 0.3) is 9.69 Å². The Bertz CT molecular complexity index is 1900. The van der Waals surface area contributed by atoms with E-state index in [4.69, 9.17) is 13.1 Å². The van der Waals surface area contributed by atoms with Gasteiger partial charge < -0.3 is 9.59 Å². The van der Waals surface area contributed by atoms with Crippen molar-refractivity contribution in [3.05, 3.63) is 81.8 Å². The molecule has 0 saturated heterocycles. The number of nitrogens with zero attached hydrogens (tertiary/aromatic N) is 2. The number of Topliss-reactive ketones (excluding diaryl/α,β-unsaturated/α-hetero) is 2. The number of hydrogen-bond donors (Lipinski definition) is 0. The summed E-state index contributed by atoms with van der Waals surface area (Å²) in [6, 6.07) is 0. The summed E-state index contributed by atoms with van der Waals surface area (Å²) in [5, 5.41) is 0. The van der Waals surface area contributed by atoms with E-state index < -0.39 is 0 Å². The summed E-state index contributed by atoms with van der Waals surface area (Å²) >= 11 is 0. The van der Waals surface area contributed by atoms with Crippen LogP contribution in [0.5, 0.6) is 0 Å². The zero-order valence-corrected chi connectivity index (χ0v) is 34.0. The molecule has 0 radical (unpaired) electrons. The molecule has 0 heterocycles. The molecule has 0 amide bonds. The van der Waals surface area contributed by atoms with Crippen LogP contribution in [0, 0.1) is 87.1 Å². The van der Waals surface area contributed by atoms with E-state index in [0.29, 0.717) is 40.0 Å². The molecule has 0 bridgehead atoms. The highest BCUT2D eigenvalue weighted by atomic mass is 16.1. The van der Waals surface area contributed by atoms with Crippen molar-refractivity contribution in [1.29, 1.82) is 0 Å². The highest BCUT2D eigenvalue weighted by molar-refractivity contribution is 6.06. The molecule has 0 aliphatic heterocycles. The van der Waals surface area contributed by atoms with Gasteiger partial charge in [0.05, 0.1) is 13.1 Å². The van der Waals surface area contributed by atoms with Gasteiger partial charge in [-0.25, -0.2) is 9.69 Å². The first kappa shape index (κ1) is 36.6. The molecule has 54 heavy (non-hydrogen) atoms. The van der Waals surface area contributed by atoms with Gasteiger partial charge in [-0.2, -0.15) is 0 Å². The highest BCUT2D eigenvalue weighted by Gasteiger charge is 2.64. The second-order valence-corrected chi connectivity index (χ2v) is 21.2. The number of ketones is 2. The van der Waals surface area contributed by atoms with Crippen LogP contribution in [-0.4, -0.2) is 11.6 Å². The Morgan fingerprint density at radius 3 is 1.61 bits per heavy atom. The fourth-order valence-corrected chi connectivity index (χ4v) is 16.6. The fraction of sp³-hybridized carbons (Fsp3) is 0.720. The number of hydrogen-bond acceptors (Lipinski definition) is 2. The van der Waals surface area contributed by atoms with Crippen LogP contribution in [0.4, 0.5) is 0 Å². The van der Waals surface area contributed by atoms with Crippen molar-refractivity contribution in [2.45, 2.75) is 150 Å². The summed E-state index contributed by atoms with van der Waals surface area (Å²) in [4.78, 5) is 34.1. The average Bonchev–Trinajstić information content (AvgIpc) is 3.96. The van der Waals surface area contributed by atoms with Gasteiger partial charge in [-0.1, -0.05) is 108 Å². The van der Waals surface area contributed by atoms with Gasteiger partial charge in [-0.3, -0.25) is 0 Å². The Kier molecular flexibility index (Phi) is 8.32.